The highest BCUT2D eigenvalue weighted by Crippen LogP contribution is 2.03. The SMILES string of the molecule is CC(=O)COCc1nnn([C@@H](C)OC(=O)O)n1. The number of Topliss-reactive ketones (excluding diaryl/α,β-unsaturated/α-hetero) is 1. The van der Waals surface area contributed by atoms with Crippen LogP contribution in [0.2, 0.25) is 0 Å². The van der Waals surface area contributed by atoms with Crippen LogP contribution in [0.25, 0.3) is 0 Å². The lowest BCUT2D eigenvalue weighted by Gasteiger charge is -2.07. The van der Waals surface area contributed by atoms with E-state index in [1.54, 1.807) is 0 Å². The molecule has 0 bridgehead atoms. The van der Waals surface area contributed by atoms with Gasteiger partial charge in [-0.2, -0.15) is 0 Å². The van der Waals surface area contributed by atoms with Crippen molar-refractivity contribution in [3.63, 3.8) is 0 Å². The molecule has 0 saturated carbocycles. The number of hydrogen-bond donors (Lipinski definition) is 1. The molecule has 0 radical (unpaired) electrons. The zero-order chi connectivity index (χ0) is 12.8. The first kappa shape index (κ1) is 13.0. The fourth-order valence-corrected chi connectivity index (χ4v) is 0.947. The van der Waals surface area contributed by atoms with Crippen molar-refractivity contribution in [3.05, 3.63) is 5.82 Å². The summed E-state index contributed by atoms with van der Waals surface area (Å²) in [6.07, 6.45) is -2.30. The first-order valence-electron chi connectivity index (χ1n) is 4.74. The third-order valence-corrected chi connectivity index (χ3v) is 1.60. The molecule has 1 aromatic heterocycles. The van der Waals surface area contributed by atoms with Crippen LogP contribution >= 0.6 is 0 Å². The Balaban J connectivity index is 2.47. The average Bonchev–Trinajstić information content (AvgIpc) is 2.64. The quantitative estimate of drug-likeness (QED) is 0.694. The number of ether oxygens (including phenoxy) is 2. The van der Waals surface area contributed by atoms with Crippen LogP contribution in [0.15, 0.2) is 0 Å². The van der Waals surface area contributed by atoms with Crippen molar-refractivity contribution in [2.24, 2.45) is 0 Å². The molecular weight excluding hydrogens is 232 g/mol. The van der Waals surface area contributed by atoms with Crippen molar-refractivity contribution >= 4 is 11.9 Å². The Bertz CT molecular complexity index is 404. The van der Waals surface area contributed by atoms with Gasteiger partial charge < -0.3 is 14.6 Å². The molecule has 1 rings (SSSR count). The van der Waals surface area contributed by atoms with Crippen LogP contribution in [-0.4, -0.2) is 43.9 Å². The normalized spacial score (nSPS) is 12.1. The minimum Gasteiger partial charge on any atom is -0.450 e. The van der Waals surface area contributed by atoms with Gasteiger partial charge in [0.05, 0.1) is 0 Å². The van der Waals surface area contributed by atoms with Gasteiger partial charge in [-0.25, -0.2) is 4.79 Å². The highest BCUT2D eigenvalue weighted by atomic mass is 16.7. The lowest BCUT2D eigenvalue weighted by Crippen LogP contribution is -2.16. The van der Waals surface area contributed by atoms with Crippen molar-refractivity contribution in [2.75, 3.05) is 6.61 Å². The lowest BCUT2D eigenvalue weighted by atomic mass is 10.5. The molecular formula is C8H12N4O5. The summed E-state index contributed by atoms with van der Waals surface area (Å²) in [7, 11) is 0. The smallest absolute Gasteiger partial charge is 0.450 e. The Hall–Kier alpha value is -2.03. The molecule has 0 saturated heterocycles. The van der Waals surface area contributed by atoms with Crippen LogP contribution in [0, 0.1) is 0 Å². The van der Waals surface area contributed by atoms with Crippen molar-refractivity contribution in [1.29, 1.82) is 0 Å². The fourth-order valence-electron chi connectivity index (χ4n) is 0.947. The zero-order valence-corrected chi connectivity index (χ0v) is 9.36. The first-order chi connectivity index (χ1) is 7.99. The van der Waals surface area contributed by atoms with Gasteiger partial charge in [0.1, 0.15) is 13.2 Å². The van der Waals surface area contributed by atoms with Crippen molar-refractivity contribution in [2.45, 2.75) is 26.7 Å². The van der Waals surface area contributed by atoms with E-state index in [2.05, 4.69) is 20.1 Å². The van der Waals surface area contributed by atoms with Crippen LogP contribution in [0.1, 0.15) is 25.9 Å². The summed E-state index contributed by atoms with van der Waals surface area (Å²) in [6.45, 7) is 2.85. The summed E-state index contributed by atoms with van der Waals surface area (Å²) in [6, 6.07) is 0. The van der Waals surface area contributed by atoms with E-state index in [0.29, 0.717) is 0 Å². The summed E-state index contributed by atoms with van der Waals surface area (Å²) in [5.74, 6) is 0.132. The molecule has 1 N–H and O–H groups in total. The predicted octanol–water partition coefficient (Wildman–Crippen LogP) is -0.00820. The molecule has 0 aliphatic heterocycles. The minimum atomic E-state index is -1.43. The lowest BCUT2D eigenvalue weighted by molar-refractivity contribution is -0.121. The van der Waals surface area contributed by atoms with E-state index in [4.69, 9.17) is 9.84 Å². The van der Waals surface area contributed by atoms with E-state index in [-0.39, 0.29) is 24.8 Å². The van der Waals surface area contributed by atoms with Crippen LogP contribution in [-0.2, 0) is 20.9 Å². The van der Waals surface area contributed by atoms with E-state index in [0.717, 1.165) is 4.80 Å². The molecule has 0 spiro atoms. The molecule has 1 heterocycles. The Morgan fingerprint density at radius 1 is 1.53 bits per heavy atom. The van der Waals surface area contributed by atoms with E-state index in [1.807, 2.05) is 0 Å². The largest absolute Gasteiger partial charge is 0.507 e. The van der Waals surface area contributed by atoms with Gasteiger partial charge in [-0.15, -0.1) is 15.0 Å². The van der Waals surface area contributed by atoms with E-state index < -0.39 is 12.4 Å². The molecule has 0 fully saturated rings. The van der Waals surface area contributed by atoms with Gasteiger partial charge in [-0.3, -0.25) is 4.79 Å². The number of rotatable bonds is 6. The average molecular weight is 244 g/mol. The molecule has 0 aliphatic carbocycles. The highest BCUT2D eigenvalue weighted by Gasteiger charge is 2.13. The molecule has 0 amide bonds. The maximum Gasteiger partial charge on any atom is 0.507 e. The van der Waals surface area contributed by atoms with Gasteiger partial charge in [-0.1, -0.05) is 0 Å². The molecule has 0 unspecified atom stereocenters. The van der Waals surface area contributed by atoms with Gasteiger partial charge in [0.2, 0.25) is 12.1 Å². The first-order valence-corrected chi connectivity index (χ1v) is 4.74. The van der Waals surface area contributed by atoms with Crippen molar-refractivity contribution in [1.82, 2.24) is 20.2 Å². The molecule has 17 heavy (non-hydrogen) atoms. The second-order valence-electron chi connectivity index (χ2n) is 3.20. The van der Waals surface area contributed by atoms with E-state index in [9.17, 15) is 9.59 Å². The number of carbonyl (C=O) groups is 2. The number of tetrazole rings is 1. The van der Waals surface area contributed by atoms with Gasteiger partial charge in [-0.05, 0) is 19.1 Å². The van der Waals surface area contributed by atoms with Crippen molar-refractivity contribution in [3.8, 4) is 0 Å². The van der Waals surface area contributed by atoms with E-state index >= 15 is 0 Å². The number of nitrogens with zero attached hydrogens (tertiary/aromatic N) is 4. The number of hydrogen-bond acceptors (Lipinski definition) is 7. The summed E-state index contributed by atoms with van der Waals surface area (Å²) in [4.78, 5) is 21.9. The van der Waals surface area contributed by atoms with E-state index in [1.165, 1.54) is 13.8 Å². The van der Waals surface area contributed by atoms with Gasteiger partial charge in [0, 0.05) is 0 Å². The Labute approximate surface area is 96.3 Å². The number of carboxylic acid groups (broad SMARTS) is 1. The summed E-state index contributed by atoms with van der Waals surface area (Å²) >= 11 is 0. The standard InChI is InChI=1S/C8H12N4O5/c1-5(13)3-16-4-7-9-11-12(10-7)6(2)17-8(14)15/h6H,3-4H2,1-2H3,(H,14,15)/t6-/m1/s1. The predicted molar refractivity (Wildman–Crippen MR) is 52.0 cm³/mol. The second-order valence-corrected chi connectivity index (χ2v) is 3.20. The molecule has 0 aromatic carbocycles. The Kier molecular flexibility index (Phi) is 4.52. The van der Waals surface area contributed by atoms with Gasteiger partial charge in [0.15, 0.2) is 5.78 Å². The van der Waals surface area contributed by atoms with Gasteiger partial charge in [0.25, 0.3) is 0 Å². The van der Waals surface area contributed by atoms with Crippen LogP contribution < -0.4 is 0 Å². The molecule has 94 valence electrons. The third kappa shape index (κ3) is 4.55. The maximum absolute atomic E-state index is 10.6. The maximum atomic E-state index is 10.6. The molecule has 9 nitrogen and oxygen atoms in total. The van der Waals surface area contributed by atoms with Crippen molar-refractivity contribution < 1.29 is 24.2 Å². The Morgan fingerprint density at radius 2 is 2.24 bits per heavy atom. The molecule has 1 aromatic rings. The summed E-state index contributed by atoms with van der Waals surface area (Å²) in [5.41, 5.74) is 0. The zero-order valence-electron chi connectivity index (χ0n) is 9.36. The number of carbonyl (C=O) groups excluding carboxylic acids is 1. The van der Waals surface area contributed by atoms with Crippen LogP contribution in [0.3, 0.4) is 0 Å². The molecule has 9 heteroatoms. The van der Waals surface area contributed by atoms with Crippen LogP contribution in [0.4, 0.5) is 4.79 Å². The third-order valence-electron chi connectivity index (χ3n) is 1.60. The number of ketones is 1. The fraction of sp³-hybridized carbons (Fsp3) is 0.625. The molecule has 1 atom stereocenters. The second kappa shape index (κ2) is 5.89. The van der Waals surface area contributed by atoms with Gasteiger partial charge >= 0.3 is 6.16 Å². The summed E-state index contributed by atoms with van der Waals surface area (Å²) in [5, 5.41) is 19.4. The Morgan fingerprint density at radius 3 is 2.82 bits per heavy atom. The van der Waals surface area contributed by atoms with Crippen LogP contribution in [0.5, 0.6) is 0 Å². The molecule has 0 aliphatic rings. The monoisotopic (exact) mass is 244 g/mol. The minimum absolute atomic E-state index is 0.0272. The summed E-state index contributed by atoms with van der Waals surface area (Å²) < 4.78 is 9.38. The number of aromatic nitrogens is 4. The highest BCUT2D eigenvalue weighted by molar-refractivity contribution is 5.76. The topological polar surface area (TPSA) is 116 Å².